The molecule has 3 amide bonds. The third-order valence-corrected chi connectivity index (χ3v) is 4.80. The lowest BCUT2D eigenvalue weighted by molar-refractivity contribution is -0.126. The maximum Gasteiger partial charge on any atom is 0.253 e. The second-order valence-electron chi connectivity index (χ2n) is 6.34. The normalized spacial score (nSPS) is 15.0. The summed E-state index contributed by atoms with van der Waals surface area (Å²) in [4.78, 5) is 35.7. The molecule has 1 fully saturated rings. The van der Waals surface area contributed by atoms with Crippen LogP contribution < -0.4 is 16.0 Å². The predicted molar refractivity (Wildman–Crippen MR) is 101 cm³/mol. The molecule has 6 nitrogen and oxygen atoms in total. The number of carbonyl (C=O) groups excluding carboxylic acids is 3. The van der Waals surface area contributed by atoms with E-state index in [-0.39, 0.29) is 35.6 Å². The van der Waals surface area contributed by atoms with E-state index in [0.29, 0.717) is 5.02 Å². The van der Waals surface area contributed by atoms with E-state index in [1.807, 2.05) is 0 Å². The van der Waals surface area contributed by atoms with Crippen LogP contribution in [0.15, 0.2) is 18.2 Å². The smallest absolute Gasteiger partial charge is 0.253 e. The average Bonchev–Trinajstić information content (AvgIpc) is 2.86. The van der Waals surface area contributed by atoms with Crippen LogP contribution in [0, 0.1) is 0 Å². The first-order valence-electron chi connectivity index (χ1n) is 8.75. The van der Waals surface area contributed by atoms with Crippen molar-refractivity contribution < 1.29 is 14.4 Å². The van der Waals surface area contributed by atoms with Gasteiger partial charge in [-0.2, -0.15) is 0 Å². The van der Waals surface area contributed by atoms with Crippen molar-refractivity contribution in [2.75, 3.05) is 13.1 Å². The van der Waals surface area contributed by atoms with Crippen molar-refractivity contribution in [1.82, 2.24) is 16.0 Å². The maximum atomic E-state index is 12.0. The molecule has 0 aromatic heterocycles. The fourth-order valence-electron chi connectivity index (χ4n) is 2.87. The second-order valence-corrected chi connectivity index (χ2v) is 7.18. The highest BCUT2D eigenvalue weighted by Gasteiger charge is 2.16. The molecule has 0 heterocycles. The fourth-order valence-corrected chi connectivity index (χ4v) is 3.37. The molecule has 142 valence electrons. The zero-order valence-corrected chi connectivity index (χ0v) is 16.0. The van der Waals surface area contributed by atoms with Gasteiger partial charge in [-0.25, -0.2) is 0 Å². The van der Waals surface area contributed by atoms with Crippen LogP contribution in [0.3, 0.4) is 0 Å². The van der Waals surface area contributed by atoms with Gasteiger partial charge in [0.15, 0.2) is 0 Å². The van der Waals surface area contributed by atoms with Crippen LogP contribution in [-0.4, -0.2) is 36.9 Å². The molecule has 3 N–H and O–H groups in total. The first-order valence-corrected chi connectivity index (χ1v) is 9.50. The molecule has 2 rings (SSSR count). The van der Waals surface area contributed by atoms with Gasteiger partial charge in [0.2, 0.25) is 11.8 Å². The first kappa shape index (κ1) is 20.5. The molecule has 0 spiro atoms. The van der Waals surface area contributed by atoms with Crippen LogP contribution in [0.25, 0.3) is 0 Å². The van der Waals surface area contributed by atoms with Crippen molar-refractivity contribution in [3.05, 3.63) is 33.8 Å². The summed E-state index contributed by atoms with van der Waals surface area (Å²) < 4.78 is 0. The van der Waals surface area contributed by atoms with Gasteiger partial charge in [0, 0.05) is 11.1 Å². The van der Waals surface area contributed by atoms with Gasteiger partial charge in [0.05, 0.1) is 23.7 Å². The SMILES string of the molecule is O=C(CNC(=O)c1ccc(Cl)cc1Cl)NCC(=O)NC1CCCCCC1. The Balaban J connectivity index is 1.69. The highest BCUT2D eigenvalue weighted by molar-refractivity contribution is 6.36. The summed E-state index contributed by atoms with van der Waals surface area (Å²) in [6, 6.07) is 4.67. The molecule has 8 heteroatoms. The number of amides is 3. The second kappa shape index (κ2) is 10.4. The third kappa shape index (κ3) is 6.84. The van der Waals surface area contributed by atoms with Crippen LogP contribution in [0.4, 0.5) is 0 Å². The van der Waals surface area contributed by atoms with E-state index >= 15 is 0 Å². The van der Waals surface area contributed by atoms with Crippen LogP contribution >= 0.6 is 23.2 Å². The number of hydrogen-bond acceptors (Lipinski definition) is 3. The van der Waals surface area contributed by atoms with E-state index in [4.69, 9.17) is 23.2 Å². The highest BCUT2D eigenvalue weighted by Crippen LogP contribution is 2.20. The molecule has 1 saturated carbocycles. The highest BCUT2D eigenvalue weighted by atomic mass is 35.5. The predicted octanol–water partition coefficient (Wildman–Crippen LogP) is 2.68. The minimum Gasteiger partial charge on any atom is -0.352 e. The molecule has 0 saturated heterocycles. The van der Waals surface area contributed by atoms with Gasteiger partial charge >= 0.3 is 0 Å². The third-order valence-electron chi connectivity index (χ3n) is 4.25. The summed E-state index contributed by atoms with van der Waals surface area (Å²) in [6.45, 7) is -0.346. The van der Waals surface area contributed by atoms with Crippen molar-refractivity contribution >= 4 is 40.9 Å². The van der Waals surface area contributed by atoms with Crippen molar-refractivity contribution in [3.8, 4) is 0 Å². The fraction of sp³-hybridized carbons (Fsp3) is 0.500. The zero-order chi connectivity index (χ0) is 18.9. The molecule has 1 aromatic rings. The van der Waals surface area contributed by atoms with Gasteiger partial charge in [-0.1, -0.05) is 48.9 Å². The van der Waals surface area contributed by atoms with Crippen molar-refractivity contribution in [2.24, 2.45) is 0 Å². The number of carbonyl (C=O) groups is 3. The van der Waals surface area contributed by atoms with E-state index in [2.05, 4.69) is 16.0 Å². The maximum absolute atomic E-state index is 12.0. The molecule has 0 unspecified atom stereocenters. The minimum absolute atomic E-state index is 0.104. The van der Waals surface area contributed by atoms with Crippen molar-refractivity contribution in [1.29, 1.82) is 0 Å². The number of hydrogen-bond donors (Lipinski definition) is 3. The summed E-state index contributed by atoms with van der Waals surface area (Å²) >= 11 is 11.7. The minimum atomic E-state index is -0.482. The van der Waals surface area contributed by atoms with Crippen molar-refractivity contribution in [3.63, 3.8) is 0 Å². The molecule has 0 radical (unpaired) electrons. The van der Waals surface area contributed by atoms with Gasteiger partial charge < -0.3 is 16.0 Å². The average molecular weight is 400 g/mol. The van der Waals surface area contributed by atoms with E-state index in [9.17, 15) is 14.4 Å². The molecule has 0 aliphatic heterocycles. The summed E-state index contributed by atoms with van der Waals surface area (Å²) in [5.41, 5.74) is 0.231. The summed E-state index contributed by atoms with van der Waals surface area (Å²) in [5, 5.41) is 8.53. The largest absolute Gasteiger partial charge is 0.352 e. The number of nitrogens with one attached hydrogen (secondary N) is 3. The quantitative estimate of drug-likeness (QED) is 0.642. The molecule has 1 aromatic carbocycles. The van der Waals surface area contributed by atoms with Gasteiger partial charge in [-0.15, -0.1) is 0 Å². The van der Waals surface area contributed by atoms with E-state index in [1.165, 1.54) is 25.0 Å². The monoisotopic (exact) mass is 399 g/mol. The Bertz CT molecular complexity index is 659. The van der Waals surface area contributed by atoms with E-state index in [1.54, 1.807) is 6.07 Å². The Morgan fingerprint density at radius 2 is 1.58 bits per heavy atom. The molecule has 0 bridgehead atoms. The lowest BCUT2D eigenvalue weighted by atomic mass is 10.1. The topological polar surface area (TPSA) is 87.3 Å². The van der Waals surface area contributed by atoms with Crippen LogP contribution in [0.2, 0.25) is 10.0 Å². The van der Waals surface area contributed by atoms with Crippen molar-refractivity contribution in [2.45, 2.75) is 44.6 Å². The standard InChI is InChI=1S/C18H23Cl2N3O3/c19-12-7-8-14(15(20)9-12)18(26)22-10-16(24)21-11-17(25)23-13-5-3-1-2-4-6-13/h7-9,13H,1-6,10-11H2,(H,21,24)(H,22,26)(H,23,25). The molecule has 1 aliphatic rings. The molecule has 26 heavy (non-hydrogen) atoms. The number of halogens is 2. The lowest BCUT2D eigenvalue weighted by Gasteiger charge is -2.16. The Labute approximate surface area is 163 Å². The number of rotatable bonds is 6. The molecule has 0 atom stereocenters. The Hall–Kier alpha value is -1.79. The molecular weight excluding hydrogens is 377 g/mol. The first-order chi connectivity index (χ1) is 12.5. The van der Waals surface area contributed by atoms with Crippen LogP contribution in [0.1, 0.15) is 48.9 Å². The lowest BCUT2D eigenvalue weighted by Crippen LogP contribution is -2.44. The number of benzene rings is 1. The molecule has 1 aliphatic carbocycles. The van der Waals surface area contributed by atoms with Gasteiger partial charge in [-0.05, 0) is 31.0 Å². The molecular formula is C18H23Cl2N3O3. The Kier molecular flexibility index (Phi) is 8.19. The summed E-state index contributed by atoms with van der Waals surface area (Å²) in [7, 11) is 0. The Morgan fingerprint density at radius 1 is 0.923 bits per heavy atom. The van der Waals surface area contributed by atoms with Crippen LogP contribution in [-0.2, 0) is 9.59 Å². The summed E-state index contributed by atoms with van der Waals surface area (Å²) in [5.74, 6) is -1.14. The van der Waals surface area contributed by atoms with Gasteiger partial charge in [0.25, 0.3) is 5.91 Å². The van der Waals surface area contributed by atoms with Gasteiger partial charge in [-0.3, -0.25) is 14.4 Å². The van der Waals surface area contributed by atoms with Crippen LogP contribution in [0.5, 0.6) is 0 Å². The zero-order valence-electron chi connectivity index (χ0n) is 14.4. The van der Waals surface area contributed by atoms with E-state index in [0.717, 1.165) is 25.7 Å². The van der Waals surface area contributed by atoms with Gasteiger partial charge in [0.1, 0.15) is 0 Å². The van der Waals surface area contributed by atoms with E-state index < -0.39 is 11.8 Å². The summed E-state index contributed by atoms with van der Waals surface area (Å²) in [6.07, 6.45) is 6.63. The Morgan fingerprint density at radius 3 is 2.23 bits per heavy atom.